The molecule has 1 amide bonds. The molecule has 2 fully saturated rings. The Kier molecular flexibility index (Phi) is 8.60. The van der Waals surface area contributed by atoms with Crippen molar-refractivity contribution in [1.82, 2.24) is 10.6 Å². The Hall–Kier alpha value is -2.49. The summed E-state index contributed by atoms with van der Waals surface area (Å²) in [4.78, 5) is 20.5. The van der Waals surface area contributed by atoms with Crippen LogP contribution in [0.1, 0.15) is 24.8 Å². The molecule has 0 saturated carbocycles. The molecule has 8 heteroatoms. The summed E-state index contributed by atoms with van der Waals surface area (Å²) in [7, 11) is 3.51. The second-order valence-corrected chi connectivity index (χ2v) is 7.99. The van der Waals surface area contributed by atoms with E-state index in [1.54, 1.807) is 14.2 Å². The fourth-order valence-electron chi connectivity index (χ4n) is 4.28. The van der Waals surface area contributed by atoms with Crippen molar-refractivity contribution in [3.63, 3.8) is 0 Å². The number of carbonyl (C=O) groups excluding carboxylic acids is 1. The minimum absolute atomic E-state index is 0. The third-order valence-corrected chi connectivity index (χ3v) is 5.96. The molecule has 1 unspecified atom stereocenters. The number of halogens is 1. The molecule has 2 aliphatic heterocycles. The number of nitrogens with one attached hydrogen (secondary N) is 2. The first-order valence-electron chi connectivity index (χ1n) is 10.9. The summed E-state index contributed by atoms with van der Waals surface area (Å²) >= 11 is 0. The average Bonchev–Trinajstić information content (AvgIpc) is 3.46. The molecule has 0 aliphatic carbocycles. The molecule has 4 rings (SSSR count). The molecular formula is C24H32IN5O2. The Labute approximate surface area is 207 Å². The van der Waals surface area contributed by atoms with Crippen LogP contribution in [0.3, 0.4) is 0 Å². The predicted octanol–water partition coefficient (Wildman–Crippen LogP) is 3.38. The molecule has 2 heterocycles. The number of para-hydroxylation sites is 2. The number of hydrogen-bond acceptors (Lipinski definition) is 4. The van der Waals surface area contributed by atoms with Crippen molar-refractivity contribution in [3.8, 4) is 5.75 Å². The van der Waals surface area contributed by atoms with Crippen LogP contribution in [0.4, 0.5) is 11.4 Å². The SMILES string of the molecule is CN=C(NCc1ccc(N2CCCC2=O)cc1)NC1CCN(c2ccccc2OC)C1.I. The number of anilines is 2. The van der Waals surface area contributed by atoms with Crippen LogP contribution in [0.5, 0.6) is 5.75 Å². The molecule has 2 aromatic carbocycles. The maximum atomic E-state index is 11.9. The molecule has 2 N–H and O–H groups in total. The smallest absolute Gasteiger partial charge is 0.227 e. The van der Waals surface area contributed by atoms with Gasteiger partial charge >= 0.3 is 0 Å². The van der Waals surface area contributed by atoms with Crippen LogP contribution in [-0.2, 0) is 11.3 Å². The molecule has 7 nitrogen and oxygen atoms in total. The van der Waals surface area contributed by atoms with Gasteiger partial charge in [0, 0.05) is 51.4 Å². The van der Waals surface area contributed by atoms with Gasteiger partial charge in [-0.05, 0) is 42.7 Å². The van der Waals surface area contributed by atoms with Crippen LogP contribution in [-0.4, -0.2) is 51.7 Å². The lowest BCUT2D eigenvalue weighted by molar-refractivity contribution is -0.117. The Morgan fingerprint density at radius 1 is 1.16 bits per heavy atom. The third kappa shape index (κ3) is 5.65. The van der Waals surface area contributed by atoms with E-state index in [0.717, 1.165) is 61.1 Å². The van der Waals surface area contributed by atoms with Crippen LogP contribution in [0, 0.1) is 0 Å². The number of aliphatic imine (C=N–C) groups is 1. The molecule has 0 radical (unpaired) electrons. The van der Waals surface area contributed by atoms with E-state index in [0.29, 0.717) is 19.0 Å². The second-order valence-electron chi connectivity index (χ2n) is 7.99. The van der Waals surface area contributed by atoms with Gasteiger partial charge in [-0.25, -0.2) is 0 Å². The molecule has 2 aliphatic rings. The predicted molar refractivity (Wildman–Crippen MR) is 140 cm³/mol. The number of nitrogens with zero attached hydrogens (tertiary/aromatic N) is 3. The topological polar surface area (TPSA) is 69.2 Å². The summed E-state index contributed by atoms with van der Waals surface area (Å²) in [5.74, 6) is 1.92. The first-order chi connectivity index (χ1) is 15.2. The van der Waals surface area contributed by atoms with Gasteiger partial charge in [-0.3, -0.25) is 9.79 Å². The van der Waals surface area contributed by atoms with Gasteiger partial charge in [-0.1, -0.05) is 24.3 Å². The molecule has 0 aromatic heterocycles. The van der Waals surface area contributed by atoms with Gasteiger partial charge < -0.3 is 25.2 Å². The molecule has 2 aromatic rings. The number of ether oxygens (including phenoxy) is 1. The number of benzene rings is 2. The molecule has 1 atom stereocenters. The molecule has 2 saturated heterocycles. The van der Waals surface area contributed by atoms with Crippen molar-refractivity contribution >= 4 is 47.2 Å². The number of methoxy groups -OCH3 is 1. The number of rotatable bonds is 6. The quantitative estimate of drug-likeness (QED) is 0.329. The Balaban J connectivity index is 0.00000289. The molecule has 172 valence electrons. The Bertz CT molecular complexity index is 934. The number of hydrogen-bond donors (Lipinski definition) is 2. The molecule has 32 heavy (non-hydrogen) atoms. The zero-order chi connectivity index (χ0) is 21.6. The standard InChI is InChI=1S/C24H31N5O2.HI/c1-25-24(26-16-18-9-11-20(12-10-18)29-14-5-8-23(29)30)27-19-13-15-28(17-19)21-6-3-4-7-22(21)31-2;/h3-4,6-7,9-12,19H,5,8,13-17H2,1-2H3,(H2,25,26,27);1H. The monoisotopic (exact) mass is 549 g/mol. The van der Waals surface area contributed by atoms with Gasteiger partial charge in [0.05, 0.1) is 12.8 Å². The minimum atomic E-state index is 0. The van der Waals surface area contributed by atoms with Crippen LogP contribution in [0.15, 0.2) is 53.5 Å². The Morgan fingerprint density at radius 2 is 1.94 bits per heavy atom. The van der Waals surface area contributed by atoms with Crippen molar-refractivity contribution in [2.45, 2.75) is 31.8 Å². The number of guanidine groups is 1. The van der Waals surface area contributed by atoms with Gasteiger partial charge in [0.15, 0.2) is 5.96 Å². The van der Waals surface area contributed by atoms with E-state index in [1.165, 1.54) is 0 Å². The lowest BCUT2D eigenvalue weighted by atomic mass is 10.2. The summed E-state index contributed by atoms with van der Waals surface area (Å²) in [6, 6.07) is 16.7. The first-order valence-corrected chi connectivity index (χ1v) is 10.9. The van der Waals surface area contributed by atoms with E-state index in [2.05, 4.69) is 38.7 Å². The largest absolute Gasteiger partial charge is 0.495 e. The number of carbonyl (C=O) groups is 1. The summed E-state index contributed by atoms with van der Waals surface area (Å²) in [5.41, 5.74) is 3.27. The van der Waals surface area contributed by atoms with E-state index in [9.17, 15) is 4.79 Å². The zero-order valence-electron chi connectivity index (χ0n) is 18.7. The lowest BCUT2D eigenvalue weighted by Gasteiger charge is -2.22. The van der Waals surface area contributed by atoms with Gasteiger partial charge in [0.25, 0.3) is 0 Å². The van der Waals surface area contributed by atoms with Gasteiger partial charge in [0.2, 0.25) is 5.91 Å². The summed E-state index contributed by atoms with van der Waals surface area (Å²) < 4.78 is 5.51. The van der Waals surface area contributed by atoms with E-state index < -0.39 is 0 Å². The van der Waals surface area contributed by atoms with Crippen molar-refractivity contribution < 1.29 is 9.53 Å². The normalized spacial score (nSPS) is 18.5. The first kappa shape index (κ1) is 24.2. The highest BCUT2D eigenvalue weighted by molar-refractivity contribution is 14.0. The van der Waals surface area contributed by atoms with Gasteiger partial charge in [0.1, 0.15) is 5.75 Å². The van der Waals surface area contributed by atoms with Gasteiger partial charge in [-0.2, -0.15) is 0 Å². The summed E-state index contributed by atoms with van der Waals surface area (Å²) in [6.07, 6.45) is 2.64. The van der Waals surface area contributed by atoms with Crippen molar-refractivity contribution in [2.75, 3.05) is 43.6 Å². The fourth-order valence-corrected chi connectivity index (χ4v) is 4.28. The molecule has 0 bridgehead atoms. The second kappa shape index (κ2) is 11.4. The number of amides is 1. The van der Waals surface area contributed by atoms with Crippen LogP contribution < -0.4 is 25.2 Å². The Morgan fingerprint density at radius 3 is 2.62 bits per heavy atom. The summed E-state index contributed by atoms with van der Waals surface area (Å²) in [6.45, 7) is 3.38. The average molecular weight is 549 g/mol. The summed E-state index contributed by atoms with van der Waals surface area (Å²) in [5, 5.41) is 6.94. The van der Waals surface area contributed by atoms with Crippen LogP contribution >= 0.6 is 24.0 Å². The maximum Gasteiger partial charge on any atom is 0.227 e. The van der Waals surface area contributed by atoms with E-state index in [-0.39, 0.29) is 29.9 Å². The third-order valence-electron chi connectivity index (χ3n) is 5.96. The fraction of sp³-hybridized carbons (Fsp3) is 0.417. The minimum Gasteiger partial charge on any atom is -0.495 e. The van der Waals surface area contributed by atoms with E-state index in [4.69, 9.17) is 4.74 Å². The maximum absolute atomic E-state index is 11.9. The highest BCUT2D eigenvalue weighted by atomic mass is 127. The molecular weight excluding hydrogens is 517 g/mol. The zero-order valence-corrected chi connectivity index (χ0v) is 21.0. The van der Waals surface area contributed by atoms with Crippen molar-refractivity contribution in [3.05, 3.63) is 54.1 Å². The highest BCUT2D eigenvalue weighted by Crippen LogP contribution is 2.30. The van der Waals surface area contributed by atoms with Gasteiger partial charge in [-0.15, -0.1) is 24.0 Å². The van der Waals surface area contributed by atoms with Crippen LogP contribution in [0.2, 0.25) is 0 Å². The molecule has 0 spiro atoms. The van der Waals surface area contributed by atoms with E-state index >= 15 is 0 Å². The van der Waals surface area contributed by atoms with Crippen LogP contribution in [0.25, 0.3) is 0 Å². The van der Waals surface area contributed by atoms with Crippen molar-refractivity contribution in [1.29, 1.82) is 0 Å². The lowest BCUT2D eigenvalue weighted by Crippen LogP contribution is -2.44. The van der Waals surface area contributed by atoms with E-state index in [1.807, 2.05) is 35.2 Å². The van der Waals surface area contributed by atoms with Crippen molar-refractivity contribution in [2.24, 2.45) is 4.99 Å². The highest BCUT2D eigenvalue weighted by Gasteiger charge is 2.25.